The number of hydrogen-bond acceptors (Lipinski definition) is 6. The number of fused-ring (bicyclic) bond motifs is 1. The van der Waals surface area contributed by atoms with E-state index in [-0.39, 0.29) is 40.8 Å². The van der Waals surface area contributed by atoms with Crippen molar-refractivity contribution in [2.24, 2.45) is 11.8 Å². The highest BCUT2D eigenvalue weighted by molar-refractivity contribution is 7.90. The van der Waals surface area contributed by atoms with Crippen molar-refractivity contribution in [3.63, 3.8) is 0 Å². The first-order valence-electron chi connectivity index (χ1n) is 12.7. The number of sulfone groups is 1. The summed E-state index contributed by atoms with van der Waals surface area (Å²) >= 11 is 0. The van der Waals surface area contributed by atoms with Gasteiger partial charge in [0.05, 0.1) is 11.3 Å². The van der Waals surface area contributed by atoms with Crippen molar-refractivity contribution >= 4 is 9.84 Å². The third-order valence-electron chi connectivity index (χ3n) is 7.47. The van der Waals surface area contributed by atoms with Gasteiger partial charge in [-0.15, -0.1) is 0 Å². The van der Waals surface area contributed by atoms with Gasteiger partial charge < -0.3 is 20.3 Å². The van der Waals surface area contributed by atoms with Gasteiger partial charge in [0, 0.05) is 42.0 Å². The Kier molecular flexibility index (Phi) is 8.28. The van der Waals surface area contributed by atoms with E-state index in [1.165, 1.54) is 18.2 Å². The molecule has 0 spiro atoms. The topological polar surface area (TPSA) is 95.9 Å². The predicted molar refractivity (Wildman–Crippen MR) is 134 cm³/mol. The van der Waals surface area contributed by atoms with Crippen molar-refractivity contribution in [2.45, 2.75) is 74.6 Å². The summed E-state index contributed by atoms with van der Waals surface area (Å²) in [6.45, 7) is -0.0852. The Morgan fingerprint density at radius 3 is 2.46 bits per heavy atom. The summed E-state index contributed by atoms with van der Waals surface area (Å²) in [5, 5.41) is 23.7. The van der Waals surface area contributed by atoms with Gasteiger partial charge >= 0.3 is 6.18 Å². The van der Waals surface area contributed by atoms with Gasteiger partial charge in [0.2, 0.25) is 0 Å². The molecule has 4 rings (SSSR count). The number of rotatable bonds is 8. The Hall–Kier alpha value is -2.46. The van der Waals surface area contributed by atoms with E-state index >= 15 is 0 Å². The molecule has 6 nitrogen and oxygen atoms in total. The van der Waals surface area contributed by atoms with E-state index in [0.29, 0.717) is 23.3 Å². The van der Waals surface area contributed by atoms with Crippen LogP contribution in [-0.4, -0.2) is 43.6 Å². The number of alkyl halides is 3. The van der Waals surface area contributed by atoms with Crippen molar-refractivity contribution in [3.8, 4) is 17.2 Å². The summed E-state index contributed by atoms with van der Waals surface area (Å²) in [6, 6.07) is 9.10. The summed E-state index contributed by atoms with van der Waals surface area (Å²) in [4.78, 5) is 0.182. The van der Waals surface area contributed by atoms with Crippen LogP contribution in [0.15, 0.2) is 41.3 Å². The normalized spacial score (nSPS) is 24.4. The van der Waals surface area contributed by atoms with Crippen LogP contribution in [0.1, 0.15) is 62.2 Å². The first-order chi connectivity index (χ1) is 17.4. The van der Waals surface area contributed by atoms with Crippen molar-refractivity contribution < 1.29 is 36.5 Å². The molecule has 2 aliphatic rings. The molecule has 2 aliphatic carbocycles. The Morgan fingerprint density at radius 1 is 1.08 bits per heavy atom. The monoisotopic (exact) mass is 541 g/mol. The molecule has 0 aliphatic heterocycles. The maximum Gasteiger partial charge on any atom is 0.390 e. The SMILES string of the molecule is CS(=O)(=O)c1ccc(OC2c3cc(O)cc(O)c3CC2CC2CCCCC(NCCC(F)(F)F)C2)cc1. The molecule has 0 saturated heterocycles. The first kappa shape index (κ1) is 27.6. The Bertz CT molecular complexity index is 1180. The lowest BCUT2D eigenvalue weighted by atomic mass is 9.85. The van der Waals surface area contributed by atoms with E-state index in [9.17, 15) is 31.8 Å². The molecule has 1 fully saturated rings. The summed E-state index contributed by atoms with van der Waals surface area (Å²) in [5.41, 5.74) is 1.41. The zero-order chi connectivity index (χ0) is 26.8. The van der Waals surface area contributed by atoms with Gasteiger partial charge in [-0.25, -0.2) is 8.42 Å². The van der Waals surface area contributed by atoms with Crippen LogP contribution in [0.2, 0.25) is 0 Å². The lowest BCUT2D eigenvalue weighted by Crippen LogP contribution is -2.33. The number of hydrogen-bond donors (Lipinski definition) is 3. The van der Waals surface area contributed by atoms with Crippen LogP contribution in [0.25, 0.3) is 0 Å². The van der Waals surface area contributed by atoms with Crippen molar-refractivity contribution in [1.29, 1.82) is 0 Å². The van der Waals surface area contributed by atoms with E-state index in [1.54, 1.807) is 18.2 Å². The number of phenolic OH excluding ortho intramolecular Hbond substituents is 2. The largest absolute Gasteiger partial charge is 0.508 e. The molecule has 2 aromatic carbocycles. The van der Waals surface area contributed by atoms with Gasteiger partial charge in [0.15, 0.2) is 9.84 Å². The molecule has 10 heteroatoms. The molecule has 37 heavy (non-hydrogen) atoms. The highest BCUT2D eigenvalue weighted by Gasteiger charge is 2.38. The van der Waals surface area contributed by atoms with Crippen LogP contribution in [0.3, 0.4) is 0 Å². The van der Waals surface area contributed by atoms with Crippen LogP contribution >= 0.6 is 0 Å². The summed E-state index contributed by atoms with van der Waals surface area (Å²) < 4.78 is 67.8. The van der Waals surface area contributed by atoms with Crippen LogP contribution in [0.4, 0.5) is 13.2 Å². The minimum absolute atomic E-state index is 0.00563. The molecule has 204 valence electrons. The van der Waals surface area contributed by atoms with Crippen molar-refractivity contribution in [1.82, 2.24) is 5.32 Å². The fourth-order valence-corrected chi connectivity index (χ4v) is 6.38. The molecule has 4 atom stereocenters. The molecular formula is C27H34F3NO5S. The van der Waals surface area contributed by atoms with E-state index in [0.717, 1.165) is 44.8 Å². The number of nitrogens with one attached hydrogen (secondary N) is 1. The molecule has 3 N–H and O–H groups in total. The molecule has 0 aromatic heterocycles. The Balaban J connectivity index is 1.51. The second kappa shape index (κ2) is 11.1. The zero-order valence-electron chi connectivity index (χ0n) is 20.8. The lowest BCUT2D eigenvalue weighted by Gasteiger charge is -2.28. The highest BCUT2D eigenvalue weighted by Crippen LogP contribution is 2.48. The van der Waals surface area contributed by atoms with Crippen LogP contribution in [0.5, 0.6) is 17.2 Å². The second-order valence-electron chi connectivity index (χ2n) is 10.4. The van der Waals surface area contributed by atoms with Gasteiger partial charge in [-0.2, -0.15) is 13.2 Å². The maximum atomic E-state index is 12.6. The molecule has 0 bridgehead atoms. The lowest BCUT2D eigenvalue weighted by molar-refractivity contribution is -0.133. The zero-order valence-corrected chi connectivity index (χ0v) is 21.6. The number of phenols is 2. The molecule has 1 saturated carbocycles. The summed E-state index contributed by atoms with van der Waals surface area (Å²) in [5.74, 6) is 0.675. The number of ether oxygens (including phenoxy) is 1. The minimum Gasteiger partial charge on any atom is -0.508 e. The maximum absolute atomic E-state index is 12.6. The molecule has 0 radical (unpaired) electrons. The fourth-order valence-electron chi connectivity index (χ4n) is 5.75. The van der Waals surface area contributed by atoms with E-state index in [4.69, 9.17) is 4.74 Å². The standard InChI is InChI=1S/C27H34F3NO5S/c1-37(34,35)22-8-6-21(7-9-22)36-26-18(14-23-24(26)15-20(32)16-25(23)33)12-17-4-2-3-5-19(13-17)31-11-10-27(28,29)30/h6-9,15-19,26,31-33H,2-5,10-14H2,1H3. The number of halogens is 3. The number of aromatic hydroxyl groups is 2. The van der Waals surface area contributed by atoms with E-state index < -0.39 is 28.5 Å². The van der Waals surface area contributed by atoms with Crippen molar-refractivity contribution in [3.05, 3.63) is 47.5 Å². The highest BCUT2D eigenvalue weighted by atomic mass is 32.2. The Labute approximate surface area is 215 Å². The molecule has 0 heterocycles. The van der Waals surface area contributed by atoms with E-state index in [1.807, 2.05) is 0 Å². The van der Waals surface area contributed by atoms with Crippen LogP contribution in [0, 0.1) is 11.8 Å². The van der Waals surface area contributed by atoms with Gasteiger partial charge in [0.1, 0.15) is 23.4 Å². The molecule has 0 amide bonds. The smallest absolute Gasteiger partial charge is 0.390 e. The third kappa shape index (κ3) is 7.31. The van der Waals surface area contributed by atoms with Crippen LogP contribution in [-0.2, 0) is 16.3 Å². The molecule has 2 aromatic rings. The molecular weight excluding hydrogens is 507 g/mol. The van der Waals surface area contributed by atoms with Gasteiger partial charge in [-0.05, 0) is 61.9 Å². The van der Waals surface area contributed by atoms with Gasteiger partial charge in [-0.3, -0.25) is 0 Å². The van der Waals surface area contributed by atoms with Gasteiger partial charge in [-0.1, -0.05) is 19.3 Å². The Morgan fingerprint density at radius 2 is 1.78 bits per heavy atom. The summed E-state index contributed by atoms with van der Waals surface area (Å²) in [6.07, 6.45) is 1.53. The van der Waals surface area contributed by atoms with Gasteiger partial charge in [0.25, 0.3) is 0 Å². The van der Waals surface area contributed by atoms with Crippen LogP contribution < -0.4 is 10.1 Å². The minimum atomic E-state index is -4.18. The third-order valence-corrected chi connectivity index (χ3v) is 8.60. The molecule has 4 unspecified atom stereocenters. The van der Waals surface area contributed by atoms with E-state index in [2.05, 4.69) is 5.32 Å². The first-order valence-corrected chi connectivity index (χ1v) is 14.6. The quantitative estimate of drug-likeness (QED) is 0.373. The number of benzene rings is 2. The average Bonchev–Trinajstić information content (AvgIpc) is 2.97. The second-order valence-corrected chi connectivity index (χ2v) is 12.4. The summed E-state index contributed by atoms with van der Waals surface area (Å²) in [7, 11) is -3.35. The predicted octanol–water partition coefficient (Wildman–Crippen LogP) is 5.67. The average molecular weight is 542 g/mol. The fraction of sp³-hybridized carbons (Fsp3) is 0.556. The van der Waals surface area contributed by atoms with Crippen molar-refractivity contribution in [2.75, 3.05) is 12.8 Å².